The number of rotatable bonds is 4. The van der Waals surface area contributed by atoms with Gasteiger partial charge in [0.25, 0.3) is 0 Å². The number of imidazole rings is 1. The lowest BCUT2D eigenvalue weighted by molar-refractivity contribution is 0.599. The molecule has 1 N–H and O–H groups in total. The van der Waals surface area contributed by atoms with Crippen LogP contribution in [0.15, 0.2) is 30.5 Å². The summed E-state index contributed by atoms with van der Waals surface area (Å²) in [6.07, 6.45) is 6.94. The van der Waals surface area contributed by atoms with E-state index >= 15 is 0 Å². The van der Waals surface area contributed by atoms with Crippen molar-refractivity contribution in [2.45, 2.75) is 45.2 Å². The van der Waals surface area contributed by atoms with E-state index in [4.69, 9.17) is 0 Å². The summed E-state index contributed by atoms with van der Waals surface area (Å²) in [6, 6.07) is 7.42. The average molecular weight is 273 g/mol. The molecule has 2 aromatic rings. The molecule has 0 aliphatic heterocycles. The Balaban J connectivity index is 1.80. The van der Waals surface area contributed by atoms with Crippen LogP contribution < -0.4 is 5.32 Å². The van der Waals surface area contributed by atoms with E-state index in [1.807, 2.05) is 29.8 Å². The number of nitrogens with one attached hydrogen (secondary N) is 1. The fourth-order valence-corrected chi connectivity index (χ4v) is 2.85. The predicted octanol–water partition coefficient (Wildman–Crippen LogP) is 3.73. The Morgan fingerprint density at radius 2 is 2.05 bits per heavy atom. The highest BCUT2D eigenvalue weighted by molar-refractivity contribution is 5.32. The fourth-order valence-electron chi connectivity index (χ4n) is 2.85. The maximum Gasteiger partial charge on any atom is 0.203 e. The Morgan fingerprint density at radius 1 is 1.30 bits per heavy atom. The van der Waals surface area contributed by atoms with Gasteiger partial charge in [0, 0.05) is 17.8 Å². The summed E-state index contributed by atoms with van der Waals surface area (Å²) in [5.74, 6) is 0.698. The second kappa shape index (κ2) is 5.65. The van der Waals surface area contributed by atoms with Gasteiger partial charge in [-0.3, -0.25) is 0 Å². The van der Waals surface area contributed by atoms with Crippen molar-refractivity contribution in [1.29, 1.82) is 0 Å². The lowest BCUT2D eigenvalue weighted by Crippen LogP contribution is -2.18. The number of aryl methyl sites for hydroxylation is 1. The van der Waals surface area contributed by atoms with Crippen LogP contribution in [-0.2, 0) is 6.54 Å². The molecule has 3 rings (SSSR count). The number of anilines is 1. The molecule has 1 saturated carbocycles. The molecule has 0 bridgehead atoms. The minimum absolute atomic E-state index is 0.161. The monoisotopic (exact) mass is 273 g/mol. The van der Waals surface area contributed by atoms with Gasteiger partial charge in [0.2, 0.25) is 5.95 Å². The van der Waals surface area contributed by atoms with Crippen molar-refractivity contribution in [2.75, 3.05) is 5.32 Å². The van der Waals surface area contributed by atoms with E-state index in [2.05, 4.69) is 10.3 Å². The molecular weight excluding hydrogens is 253 g/mol. The number of hydrogen-bond acceptors (Lipinski definition) is 2. The first kappa shape index (κ1) is 13.2. The molecule has 0 radical (unpaired) electrons. The maximum absolute atomic E-state index is 13.8. The van der Waals surface area contributed by atoms with Crippen molar-refractivity contribution in [2.24, 2.45) is 0 Å². The third-order valence-electron chi connectivity index (χ3n) is 3.88. The van der Waals surface area contributed by atoms with Crippen LogP contribution >= 0.6 is 0 Å². The van der Waals surface area contributed by atoms with Gasteiger partial charge in [-0.05, 0) is 25.8 Å². The summed E-state index contributed by atoms with van der Waals surface area (Å²) < 4.78 is 15.8. The van der Waals surface area contributed by atoms with Gasteiger partial charge in [-0.15, -0.1) is 0 Å². The topological polar surface area (TPSA) is 29.9 Å². The van der Waals surface area contributed by atoms with E-state index in [-0.39, 0.29) is 5.82 Å². The van der Waals surface area contributed by atoms with Crippen LogP contribution in [0.2, 0.25) is 0 Å². The standard InChI is InChI=1S/C16H20FN3/c1-12-10-20(11-13-6-2-5-9-15(13)17)16(18-12)19-14-7-3-4-8-14/h2,5-6,9-10,14H,3-4,7-8,11H2,1H3,(H,18,19). The van der Waals surface area contributed by atoms with Gasteiger partial charge in [-0.25, -0.2) is 9.37 Å². The Hall–Kier alpha value is -1.84. The summed E-state index contributed by atoms with van der Waals surface area (Å²) in [5, 5.41) is 3.50. The molecule has 0 amide bonds. The van der Waals surface area contributed by atoms with Crippen LogP contribution in [-0.4, -0.2) is 15.6 Å². The van der Waals surface area contributed by atoms with E-state index in [9.17, 15) is 4.39 Å². The van der Waals surface area contributed by atoms with Gasteiger partial charge in [-0.1, -0.05) is 31.0 Å². The van der Waals surface area contributed by atoms with Crippen molar-refractivity contribution in [3.05, 3.63) is 47.5 Å². The minimum atomic E-state index is -0.161. The molecule has 1 heterocycles. The average Bonchev–Trinajstić information content (AvgIpc) is 3.03. The highest BCUT2D eigenvalue weighted by Crippen LogP contribution is 2.22. The number of benzene rings is 1. The normalized spacial score (nSPS) is 15.7. The lowest BCUT2D eigenvalue weighted by Gasteiger charge is -2.15. The molecule has 106 valence electrons. The molecule has 1 aliphatic carbocycles. The van der Waals surface area contributed by atoms with E-state index in [0.717, 1.165) is 11.6 Å². The quantitative estimate of drug-likeness (QED) is 0.919. The molecule has 20 heavy (non-hydrogen) atoms. The van der Waals surface area contributed by atoms with E-state index in [1.54, 1.807) is 6.07 Å². The summed E-state index contributed by atoms with van der Waals surface area (Å²) in [7, 11) is 0. The van der Waals surface area contributed by atoms with Crippen LogP contribution in [0.1, 0.15) is 36.9 Å². The lowest BCUT2D eigenvalue weighted by atomic mass is 10.2. The zero-order valence-corrected chi connectivity index (χ0v) is 11.8. The smallest absolute Gasteiger partial charge is 0.203 e. The molecule has 1 aliphatic rings. The van der Waals surface area contributed by atoms with Crippen molar-refractivity contribution in [3.63, 3.8) is 0 Å². The number of nitrogens with zero attached hydrogens (tertiary/aromatic N) is 2. The van der Waals surface area contributed by atoms with Crippen LogP contribution in [0, 0.1) is 12.7 Å². The predicted molar refractivity (Wildman–Crippen MR) is 78.3 cm³/mol. The fraction of sp³-hybridized carbons (Fsp3) is 0.438. The summed E-state index contributed by atoms with van der Waals surface area (Å²) in [6.45, 7) is 2.49. The molecule has 1 aromatic carbocycles. The van der Waals surface area contributed by atoms with Gasteiger partial charge in [-0.2, -0.15) is 0 Å². The Morgan fingerprint density at radius 3 is 2.80 bits per heavy atom. The van der Waals surface area contributed by atoms with Crippen LogP contribution in [0.5, 0.6) is 0 Å². The molecule has 0 spiro atoms. The van der Waals surface area contributed by atoms with Gasteiger partial charge in [0.1, 0.15) is 5.82 Å². The van der Waals surface area contributed by atoms with Gasteiger partial charge < -0.3 is 9.88 Å². The first-order chi connectivity index (χ1) is 9.72. The minimum Gasteiger partial charge on any atom is -0.353 e. The van der Waals surface area contributed by atoms with Crippen LogP contribution in [0.25, 0.3) is 0 Å². The maximum atomic E-state index is 13.8. The van der Waals surface area contributed by atoms with E-state index in [1.165, 1.54) is 31.7 Å². The number of halogens is 1. The zero-order chi connectivity index (χ0) is 13.9. The van der Waals surface area contributed by atoms with E-state index < -0.39 is 0 Å². The van der Waals surface area contributed by atoms with E-state index in [0.29, 0.717) is 18.2 Å². The zero-order valence-electron chi connectivity index (χ0n) is 11.8. The molecular formula is C16H20FN3. The largest absolute Gasteiger partial charge is 0.353 e. The summed E-state index contributed by atoms with van der Waals surface area (Å²) >= 11 is 0. The van der Waals surface area contributed by atoms with Crippen molar-refractivity contribution >= 4 is 5.95 Å². The Labute approximate surface area is 118 Å². The third kappa shape index (κ3) is 2.84. The molecule has 1 fully saturated rings. The molecule has 3 nitrogen and oxygen atoms in total. The third-order valence-corrected chi connectivity index (χ3v) is 3.88. The number of hydrogen-bond donors (Lipinski definition) is 1. The Bertz CT molecular complexity index is 585. The SMILES string of the molecule is Cc1cn(Cc2ccccc2F)c(NC2CCCC2)n1. The second-order valence-electron chi connectivity index (χ2n) is 5.55. The first-order valence-electron chi connectivity index (χ1n) is 7.26. The molecule has 0 atom stereocenters. The molecule has 0 unspecified atom stereocenters. The number of aromatic nitrogens is 2. The van der Waals surface area contributed by atoms with Gasteiger partial charge in [0.05, 0.1) is 12.2 Å². The van der Waals surface area contributed by atoms with Gasteiger partial charge >= 0.3 is 0 Å². The van der Waals surface area contributed by atoms with Gasteiger partial charge in [0.15, 0.2) is 0 Å². The van der Waals surface area contributed by atoms with Crippen LogP contribution in [0.4, 0.5) is 10.3 Å². The first-order valence-corrected chi connectivity index (χ1v) is 7.26. The highest BCUT2D eigenvalue weighted by atomic mass is 19.1. The van der Waals surface area contributed by atoms with Crippen molar-refractivity contribution in [1.82, 2.24) is 9.55 Å². The molecule has 1 aromatic heterocycles. The van der Waals surface area contributed by atoms with Crippen molar-refractivity contribution < 1.29 is 4.39 Å². The summed E-state index contributed by atoms with van der Waals surface area (Å²) in [4.78, 5) is 4.53. The molecule has 4 heteroatoms. The highest BCUT2D eigenvalue weighted by Gasteiger charge is 2.17. The Kier molecular flexibility index (Phi) is 3.72. The molecule has 0 saturated heterocycles. The van der Waals surface area contributed by atoms with Crippen molar-refractivity contribution in [3.8, 4) is 0 Å². The van der Waals surface area contributed by atoms with Crippen LogP contribution in [0.3, 0.4) is 0 Å². The second-order valence-corrected chi connectivity index (χ2v) is 5.55. The summed E-state index contributed by atoms with van der Waals surface area (Å²) in [5.41, 5.74) is 1.65.